The summed E-state index contributed by atoms with van der Waals surface area (Å²) < 4.78 is 0. The van der Waals surface area contributed by atoms with E-state index < -0.39 is 12.2 Å². The Hall–Kier alpha value is -0.650. The Morgan fingerprint density at radius 3 is 2.43 bits per heavy atom. The number of rotatable bonds is 1. The maximum absolute atomic E-state index is 11.8. The number of aliphatic hydroxyl groups excluding tert-OH is 2. The molecule has 3 unspecified atom stereocenters. The van der Waals surface area contributed by atoms with E-state index in [2.05, 4.69) is 5.32 Å². The summed E-state index contributed by atoms with van der Waals surface area (Å²) in [4.78, 5) is 13.4. The van der Waals surface area contributed by atoms with Crippen molar-refractivity contribution in [3.05, 3.63) is 0 Å². The molecule has 0 saturated carbocycles. The maximum atomic E-state index is 11.8. The third-order valence-corrected chi connectivity index (χ3v) is 2.98. The van der Waals surface area contributed by atoms with Gasteiger partial charge in [-0.2, -0.15) is 0 Å². The Kier molecular flexibility index (Phi) is 2.71. The highest BCUT2D eigenvalue weighted by atomic mass is 16.3. The lowest BCUT2D eigenvalue weighted by Gasteiger charge is -2.19. The van der Waals surface area contributed by atoms with Crippen LogP contribution >= 0.6 is 0 Å². The lowest BCUT2D eigenvalue weighted by Crippen LogP contribution is -2.36. The maximum Gasteiger partial charge on any atom is 0.227 e. The van der Waals surface area contributed by atoms with Gasteiger partial charge in [-0.3, -0.25) is 4.79 Å². The number of aliphatic hydroxyl groups is 2. The van der Waals surface area contributed by atoms with E-state index in [1.807, 2.05) is 0 Å². The van der Waals surface area contributed by atoms with Crippen LogP contribution in [-0.2, 0) is 4.79 Å². The summed E-state index contributed by atoms with van der Waals surface area (Å²) in [5.74, 6) is 0.0955. The smallest absolute Gasteiger partial charge is 0.227 e. The molecule has 1 amide bonds. The Morgan fingerprint density at radius 1 is 1.29 bits per heavy atom. The third-order valence-electron chi connectivity index (χ3n) is 2.98. The number of carbonyl (C=O) groups is 1. The molecule has 0 radical (unpaired) electrons. The minimum atomic E-state index is -0.770. The normalized spacial score (nSPS) is 37.9. The number of amides is 1. The molecule has 5 nitrogen and oxygen atoms in total. The van der Waals surface area contributed by atoms with E-state index in [4.69, 9.17) is 0 Å². The van der Waals surface area contributed by atoms with Crippen molar-refractivity contribution in [2.75, 3.05) is 26.2 Å². The van der Waals surface area contributed by atoms with Gasteiger partial charge in [0, 0.05) is 19.6 Å². The molecule has 0 aromatic carbocycles. The zero-order valence-corrected chi connectivity index (χ0v) is 8.02. The van der Waals surface area contributed by atoms with E-state index in [1.165, 1.54) is 0 Å². The molecule has 0 aromatic heterocycles. The lowest BCUT2D eigenvalue weighted by molar-refractivity contribution is -0.134. The summed E-state index contributed by atoms with van der Waals surface area (Å²) in [5.41, 5.74) is 0. The monoisotopic (exact) mass is 200 g/mol. The van der Waals surface area contributed by atoms with Crippen LogP contribution in [0.2, 0.25) is 0 Å². The number of hydrogen-bond donors (Lipinski definition) is 3. The molecule has 80 valence electrons. The molecule has 2 saturated heterocycles. The predicted molar refractivity (Wildman–Crippen MR) is 49.6 cm³/mol. The Balaban J connectivity index is 1.92. The minimum Gasteiger partial charge on any atom is -0.388 e. The van der Waals surface area contributed by atoms with Gasteiger partial charge in [0.25, 0.3) is 0 Å². The third kappa shape index (κ3) is 1.75. The van der Waals surface area contributed by atoms with E-state index in [1.54, 1.807) is 4.90 Å². The zero-order valence-electron chi connectivity index (χ0n) is 8.02. The number of hydrogen-bond acceptors (Lipinski definition) is 4. The Bertz CT molecular complexity index is 218. The molecule has 2 rings (SSSR count). The fraction of sp³-hybridized carbons (Fsp3) is 0.889. The first-order valence-corrected chi connectivity index (χ1v) is 5.04. The van der Waals surface area contributed by atoms with Crippen molar-refractivity contribution in [3.8, 4) is 0 Å². The van der Waals surface area contributed by atoms with Crippen molar-refractivity contribution in [1.82, 2.24) is 10.2 Å². The second-order valence-electron chi connectivity index (χ2n) is 4.07. The van der Waals surface area contributed by atoms with Crippen LogP contribution in [0.5, 0.6) is 0 Å². The standard InChI is InChI=1S/C9H16N2O3/c12-7-4-11(5-8(7)13)9(14)6-1-2-10-3-6/h6-8,10,12-13H,1-5H2. The van der Waals surface area contributed by atoms with Gasteiger partial charge in [-0.1, -0.05) is 0 Å². The average molecular weight is 200 g/mol. The molecule has 2 aliphatic rings. The van der Waals surface area contributed by atoms with Crippen LogP contribution in [0.15, 0.2) is 0 Å². The van der Waals surface area contributed by atoms with Crippen molar-refractivity contribution in [2.45, 2.75) is 18.6 Å². The number of nitrogens with zero attached hydrogens (tertiary/aromatic N) is 1. The fourth-order valence-electron chi connectivity index (χ4n) is 2.07. The summed E-state index contributed by atoms with van der Waals surface area (Å²) >= 11 is 0. The largest absolute Gasteiger partial charge is 0.388 e. The van der Waals surface area contributed by atoms with Crippen molar-refractivity contribution < 1.29 is 15.0 Å². The highest BCUT2D eigenvalue weighted by molar-refractivity contribution is 5.79. The summed E-state index contributed by atoms with van der Waals surface area (Å²) in [5, 5.41) is 21.7. The first kappa shape index (κ1) is 9.89. The van der Waals surface area contributed by atoms with Gasteiger partial charge < -0.3 is 20.4 Å². The molecule has 5 heteroatoms. The number of nitrogens with one attached hydrogen (secondary N) is 1. The van der Waals surface area contributed by atoms with Gasteiger partial charge in [0.15, 0.2) is 0 Å². The fourth-order valence-corrected chi connectivity index (χ4v) is 2.07. The molecule has 3 atom stereocenters. The van der Waals surface area contributed by atoms with Crippen molar-refractivity contribution in [3.63, 3.8) is 0 Å². The van der Waals surface area contributed by atoms with Gasteiger partial charge in [0.05, 0.1) is 18.1 Å². The zero-order chi connectivity index (χ0) is 10.1. The first-order valence-electron chi connectivity index (χ1n) is 5.04. The molecule has 3 N–H and O–H groups in total. The summed E-state index contributed by atoms with van der Waals surface area (Å²) in [7, 11) is 0. The minimum absolute atomic E-state index is 0.0347. The Labute approximate surface area is 82.7 Å². The summed E-state index contributed by atoms with van der Waals surface area (Å²) in [6, 6.07) is 0. The van der Waals surface area contributed by atoms with Crippen LogP contribution in [-0.4, -0.2) is 59.4 Å². The van der Waals surface area contributed by atoms with Crippen LogP contribution in [0, 0.1) is 5.92 Å². The van der Waals surface area contributed by atoms with E-state index in [9.17, 15) is 15.0 Å². The van der Waals surface area contributed by atoms with Gasteiger partial charge in [-0.25, -0.2) is 0 Å². The van der Waals surface area contributed by atoms with Crippen molar-refractivity contribution in [1.29, 1.82) is 0 Å². The van der Waals surface area contributed by atoms with Crippen LogP contribution in [0.25, 0.3) is 0 Å². The predicted octanol–water partition coefficient (Wildman–Crippen LogP) is -1.84. The van der Waals surface area contributed by atoms with Crippen LogP contribution < -0.4 is 5.32 Å². The quantitative estimate of drug-likeness (QED) is 0.465. The van der Waals surface area contributed by atoms with Crippen LogP contribution in [0.1, 0.15) is 6.42 Å². The number of likely N-dealkylation sites (tertiary alicyclic amines) is 1. The van der Waals surface area contributed by atoms with Crippen molar-refractivity contribution >= 4 is 5.91 Å². The molecule has 0 bridgehead atoms. The number of β-amino-alcohol motifs (C(OH)–C–C–N with tert-alkyl or cyclic N) is 2. The van der Waals surface area contributed by atoms with Gasteiger partial charge in [-0.05, 0) is 13.0 Å². The second-order valence-corrected chi connectivity index (χ2v) is 4.07. The highest BCUT2D eigenvalue weighted by Crippen LogP contribution is 2.17. The molecule has 14 heavy (non-hydrogen) atoms. The van der Waals surface area contributed by atoms with E-state index in [-0.39, 0.29) is 24.9 Å². The van der Waals surface area contributed by atoms with Crippen LogP contribution in [0.3, 0.4) is 0 Å². The van der Waals surface area contributed by atoms with Gasteiger partial charge in [-0.15, -0.1) is 0 Å². The second kappa shape index (κ2) is 3.84. The molecule has 0 aliphatic carbocycles. The topological polar surface area (TPSA) is 72.8 Å². The first-order chi connectivity index (χ1) is 6.68. The molecule has 2 heterocycles. The molecule has 0 aromatic rings. The van der Waals surface area contributed by atoms with Gasteiger partial charge in [0.1, 0.15) is 0 Å². The van der Waals surface area contributed by atoms with Crippen LogP contribution in [0.4, 0.5) is 0 Å². The lowest BCUT2D eigenvalue weighted by atomic mass is 10.1. The van der Waals surface area contributed by atoms with E-state index >= 15 is 0 Å². The number of carbonyl (C=O) groups excluding carboxylic acids is 1. The van der Waals surface area contributed by atoms with E-state index in [0.29, 0.717) is 0 Å². The summed E-state index contributed by atoms with van der Waals surface area (Å²) in [6.45, 7) is 2.16. The summed E-state index contributed by atoms with van der Waals surface area (Å²) in [6.07, 6.45) is -0.678. The molecular weight excluding hydrogens is 184 g/mol. The molecule has 2 fully saturated rings. The Morgan fingerprint density at radius 2 is 1.93 bits per heavy atom. The average Bonchev–Trinajstić information content (AvgIpc) is 2.76. The molecule has 0 spiro atoms. The van der Waals surface area contributed by atoms with Crippen molar-refractivity contribution in [2.24, 2.45) is 5.92 Å². The molecular formula is C9H16N2O3. The van der Waals surface area contributed by atoms with E-state index in [0.717, 1.165) is 19.5 Å². The van der Waals surface area contributed by atoms with Gasteiger partial charge >= 0.3 is 0 Å². The van der Waals surface area contributed by atoms with Gasteiger partial charge in [0.2, 0.25) is 5.91 Å². The molecule has 2 aliphatic heterocycles. The SMILES string of the molecule is O=C(C1CCNC1)N1CC(O)C(O)C1. The highest BCUT2D eigenvalue weighted by Gasteiger charge is 2.36.